The smallest absolute Gasteiger partial charge is 0.261 e. The standard InChI is InChI=1S/C12H23F2NO/c1-12(2)5-3-4-10(8-12)15-6-7-16-9-11(13)14/h10-11,15H,3-9H2,1-2H3. The van der Waals surface area contributed by atoms with Crippen LogP contribution in [0, 0.1) is 5.41 Å². The average Bonchev–Trinajstić information content (AvgIpc) is 2.15. The summed E-state index contributed by atoms with van der Waals surface area (Å²) in [5.74, 6) is 0. The van der Waals surface area contributed by atoms with Gasteiger partial charge in [-0.1, -0.05) is 20.3 Å². The van der Waals surface area contributed by atoms with Crippen molar-refractivity contribution in [2.75, 3.05) is 19.8 Å². The minimum atomic E-state index is -2.35. The van der Waals surface area contributed by atoms with Crippen molar-refractivity contribution < 1.29 is 13.5 Å². The lowest BCUT2D eigenvalue weighted by Crippen LogP contribution is -2.38. The predicted molar refractivity (Wildman–Crippen MR) is 60.9 cm³/mol. The number of ether oxygens (including phenoxy) is 1. The third-order valence-electron chi connectivity index (χ3n) is 3.13. The van der Waals surface area contributed by atoms with Crippen molar-refractivity contribution in [2.45, 2.75) is 52.0 Å². The van der Waals surface area contributed by atoms with Crippen molar-refractivity contribution >= 4 is 0 Å². The molecular formula is C12H23F2NO. The van der Waals surface area contributed by atoms with Crippen LogP contribution in [0.2, 0.25) is 0 Å². The van der Waals surface area contributed by atoms with E-state index in [0.717, 1.165) is 0 Å². The quantitative estimate of drug-likeness (QED) is 0.715. The highest BCUT2D eigenvalue weighted by Crippen LogP contribution is 2.34. The monoisotopic (exact) mass is 235 g/mol. The van der Waals surface area contributed by atoms with Gasteiger partial charge in [-0.05, 0) is 24.7 Å². The molecule has 0 amide bonds. The van der Waals surface area contributed by atoms with Gasteiger partial charge in [0.15, 0.2) is 0 Å². The van der Waals surface area contributed by atoms with Crippen LogP contribution in [-0.4, -0.2) is 32.2 Å². The summed E-state index contributed by atoms with van der Waals surface area (Å²) in [5, 5.41) is 3.38. The Labute approximate surface area is 96.7 Å². The third kappa shape index (κ3) is 5.75. The van der Waals surface area contributed by atoms with E-state index in [1.165, 1.54) is 25.7 Å². The number of alkyl halides is 2. The van der Waals surface area contributed by atoms with Gasteiger partial charge in [0.05, 0.1) is 6.61 Å². The van der Waals surface area contributed by atoms with Crippen LogP contribution >= 0.6 is 0 Å². The van der Waals surface area contributed by atoms with Crippen LogP contribution in [0.15, 0.2) is 0 Å². The summed E-state index contributed by atoms with van der Waals surface area (Å²) in [6, 6.07) is 0.527. The summed E-state index contributed by atoms with van der Waals surface area (Å²) >= 11 is 0. The van der Waals surface area contributed by atoms with E-state index < -0.39 is 13.0 Å². The fourth-order valence-corrected chi connectivity index (χ4v) is 2.38. The Morgan fingerprint density at radius 1 is 1.44 bits per heavy atom. The van der Waals surface area contributed by atoms with Crippen LogP contribution in [0.3, 0.4) is 0 Å². The lowest BCUT2D eigenvalue weighted by Gasteiger charge is -2.35. The van der Waals surface area contributed by atoms with Crippen molar-refractivity contribution in [1.82, 2.24) is 5.32 Å². The molecule has 1 fully saturated rings. The molecule has 0 spiro atoms. The van der Waals surface area contributed by atoms with Crippen molar-refractivity contribution in [2.24, 2.45) is 5.41 Å². The van der Waals surface area contributed by atoms with Gasteiger partial charge >= 0.3 is 0 Å². The second kappa shape index (κ2) is 6.50. The highest BCUT2D eigenvalue weighted by molar-refractivity contribution is 4.83. The zero-order chi connectivity index (χ0) is 12.0. The number of hydrogen-bond donors (Lipinski definition) is 1. The fourth-order valence-electron chi connectivity index (χ4n) is 2.38. The van der Waals surface area contributed by atoms with Gasteiger partial charge in [-0.15, -0.1) is 0 Å². The summed E-state index contributed by atoms with van der Waals surface area (Å²) < 4.78 is 28.4. The highest BCUT2D eigenvalue weighted by atomic mass is 19.3. The number of hydrogen-bond acceptors (Lipinski definition) is 2. The first-order valence-corrected chi connectivity index (χ1v) is 6.09. The van der Waals surface area contributed by atoms with Crippen LogP contribution < -0.4 is 5.32 Å². The second-order valence-corrected chi connectivity index (χ2v) is 5.38. The Morgan fingerprint density at radius 3 is 2.81 bits per heavy atom. The van der Waals surface area contributed by atoms with Gasteiger partial charge in [-0.2, -0.15) is 0 Å². The first kappa shape index (κ1) is 13.8. The summed E-state index contributed by atoms with van der Waals surface area (Å²) in [6.45, 7) is 5.18. The predicted octanol–water partition coefficient (Wildman–Crippen LogP) is 2.83. The maximum atomic E-state index is 11.8. The molecule has 0 aromatic rings. The molecule has 0 aromatic carbocycles. The molecule has 16 heavy (non-hydrogen) atoms. The minimum absolute atomic E-state index is 0.376. The first-order chi connectivity index (χ1) is 7.49. The topological polar surface area (TPSA) is 21.3 Å². The molecular weight excluding hydrogens is 212 g/mol. The largest absolute Gasteiger partial charge is 0.374 e. The Bertz CT molecular complexity index is 197. The van der Waals surface area contributed by atoms with E-state index in [0.29, 0.717) is 24.6 Å². The normalized spacial score (nSPS) is 24.9. The molecule has 0 bridgehead atoms. The minimum Gasteiger partial charge on any atom is -0.374 e. The van der Waals surface area contributed by atoms with Gasteiger partial charge in [0.1, 0.15) is 6.61 Å². The molecule has 0 radical (unpaired) electrons. The van der Waals surface area contributed by atoms with E-state index in [2.05, 4.69) is 19.2 Å². The molecule has 1 aliphatic rings. The van der Waals surface area contributed by atoms with Gasteiger partial charge in [0.25, 0.3) is 6.43 Å². The Morgan fingerprint density at radius 2 is 2.19 bits per heavy atom. The molecule has 1 unspecified atom stereocenters. The third-order valence-corrected chi connectivity index (χ3v) is 3.13. The lowest BCUT2D eigenvalue weighted by molar-refractivity contribution is 0.0174. The SMILES string of the molecule is CC1(C)CCCC(NCCOCC(F)F)C1. The molecule has 1 N–H and O–H groups in total. The molecule has 1 aliphatic carbocycles. The molecule has 1 atom stereocenters. The fraction of sp³-hybridized carbons (Fsp3) is 1.00. The Balaban J connectivity index is 2.04. The Hall–Kier alpha value is -0.220. The van der Waals surface area contributed by atoms with Gasteiger partial charge in [0, 0.05) is 12.6 Å². The van der Waals surface area contributed by atoms with Crippen molar-refractivity contribution in [3.8, 4) is 0 Å². The lowest BCUT2D eigenvalue weighted by atomic mass is 9.75. The van der Waals surface area contributed by atoms with Crippen LogP contribution in [0.4, 0.5) is 8.78 Å². The van der Waals surface area contributed by atoms with Gasteiger partial charge in [0.2, 0.25) is 0 Å². The summed E-state index contributed by atoms with van der Waals surface area (Å²) in [6.07, 6.45) is 2.55. The zero-order valence-electron chi connectivity index (χ0n) is 10.3. The van der Waals surface area contributed by atoms with E-state index in [1.54, 1.807) is 0 Å². The second-order valence-electron chi connectivity index (χ2n) is 5.38. The van der Waals surface area contributed by atoms with E-state index in [1.807, 2.05) is 0 Å². The summed E-state index contributed by atoms with van der Waals surface area (Å²) in [5.41, 5.74) is 0.416. The van der Waals surface area contributed by atoms with Crippen LogP contribution in [0.1, 0.15) is 39.5 Å². The average molecular weight is 235 g/mol. The van der Waals surface area contributed by atoms with E-state index >= 15 is 0 Å². The maximum absolute atomic E-state index is 11.8. The molecule has 2 nitrogen and oxygen atoms in total. The number of nitrogens with one attached hydrogen (secondary N) is 1. The van der Waals surface area contributed by atoms with Gasteiger partial charge in [-0.25, -0.2) is 8.78 Å². The van der Waals surface area contributed by atoms with E-state index in [4.69, 9.17) is 4.74 Å². The summed E-state index contributed by atoms with van der Waals surface area (Å²) in [4.78, 5) is 0. The molecule has 96 valence electrons. The first-order valence-electron chi connectivity index (χ1n) is 6.09. The summed E-state index contributed by atoms with van der Waals surface area (Å²) in [7, 11) is 0. The molecule has 0 heterocycles. The molecule has 4 heteroatoms. The van der Waals surface area contributed by atoms with E-state index in [9.17, 15) is 8.78 Å². The molecule has 0 aliphatic heterocycles. The number of halogens is 2. The Kier molecular flexibility index (Phi) is 5.62. The van der Waals surface area contributed by atoms with Crippen LogP contribution in [0.25, 0.3) is 0 Å². The molecule has 1 rings (SSSR count). The highest BCUT2D eigenvalue weighted by Gasteiger charge is 2.27. The van der Waals surface area contributed by atoms with Crippen molar-refractivity contribution in [3.05, 3.63) is 0 Å². The zero-order valence-corrected chi connectivity index (χ0v) is 10.3. The maximum Gasteiger partial charge on any atom is 0.261 e. The van der Waals surface area contributed by atoms with E-state index in [-0.39, 0.29) is 0 Å². The van der Waals surface area contributed by atoms with Crippen molar-refractivity contribution in [1.29, 1.82) is 0 Å². The van der Waals surface area contributed by atoms with Crippen molar-refractivity contribution in [3.63, 3.8) is 0 Å². The molecule has 0 saturated heterocycles. The van der Waals surface area contributed by atoms with Gasteiger partial charge < -0.3 is 10.1 Å². The van der Waals surface area contributed by atoms with Crippen LogP contribution in [-0.2, 0) is 4.74 Å². The number of rotatable bonds is 6. The molecule has 1 saturated carbocycles. The van der Waals surface area contributed by atoms with Crippen LogP contribution in [0.5, 0.6) is 0 Å². The molecule has 0 aromatic heterocycles. The van der Waals surface area contributed by atoms with Gasteiger partial charge in [-0.3, -0.25) is 0 Å².